The first-order valence-electron chi connectivity index (χ1n) is 9.00. The van der Waals surface area contributed by atoms with Crippen molar-refractivity contribution in [3.8, 4) is 0 Å². The fourth-order valence-corrected chi connectivity index (χ4v) is 2.92. The molecular weight excluding hydrogens is 338 g/mol. The maximum atomic E-state index is 12.6. The SMILES string of the molecule is CCCNC(=O)/C(=C\c1cn(C)c2ccccc12)NC(=O)c1ccccc1. The minimum atomic E-state index is -0.311. The van der Waals surface area contributed by atoms with Crippen molar-refractivity contribution in [1.82, 2.24) is 15.2 Å². The molecule has 138 valence electrons. The van der Waals surface area contributed by atoms with Crippen LogP contribution in [0.3, 0.4) is 0 Å². The molecule has 1 aromatic heterocycles. The van der Waals surface area contributed by atoms with E-state index < -0.39 is 0 Å². The largest absolute Gasteiger partial charge is 0.351 e. The molecule has 27 heavy (non-hydrogen) atoms. The van der Waals surface area contributed by atoms with Gasteiger partial charge in [-0.05, 0) is 30.7 Å². The number of rotatable bonds is 6. The number of carbonyl (C=O) groups is 2. The summed E-state index contributed by atoms with van der Waals surface area (Å²) in [4.78, 5) is 25.2. The molecular formula is C22H23N3O2. The first-order valence-corrected chi connectivity index (χ1v) is 9.00. The van der Waals surface area contributed by atoms with Gasteiger partial charge < -0.3 is 15.2 Å². The van der Waals surface area contributed by atoms with Crippen LogP contribution in [0.1, 0.15) is 29.3 Å². The second kappa shape index (κ2) is 8.36. The molecule has 0 bridgehead atoms. The standard InChI is InChI=1S/C22H23N3O2/c1-3-13-23-22(27)19(24-21(26)16-9-5-4-6-10-16)14-17-15-25(2)20-12-8-7-11-18(17)20/h4-12,14-15H,3,13H2,1-2H3,(H,23,27)(H,24,26)/b19-14+. The molecule has 0 aliphatic carbocycles. The Morgan fingerprint density at radius 2 is 1.74 bits per heavy atom. The van der Waals surface area contributed by atoms with Crippen molar-refractivity contribution in [2.45, 2.75) is 13.3 Å². The third-order valence-electron chi connectivity index (χ3n) is 4.29. The van der Waals surface area contributed by atoms with E-state index in [0.29, 0.717) is 12.1 Å². The van der Waals surface area contributed by atoms with Crippen LogP contribution in [-0.4, -0.2) is 22.9 Å². The molecule has 0 aliphatic heterocycles. The van der Waals surface area contributed by atoms with Gasteiger partial charge in [-0.1, -0.05) is 43.3 Å². The minimum absolute atomic E-state index is 0.230. The van der Waals surface area contributed by atoms with Gasteiger partial charge >= 0.3 is 0 Å². The van der Waals surface area contributed by atoms with Gasteiger partial charge in [-0.3, -0.25) is 9.59 Å². The third kappa shape index (κ3) is 4.26. The molecule has 0 saturated carbocycles. The molecule has 2 amide bonds. The molecule has 0 aliphatic rings. The number of hydrogen-bond acceptors (Lipinski definition) is 2. The highest BCUT2D eigenvalue weighted by Crippen LogP contribution is 2.22. The van der Waals surface area contributed by atoms with Crippen LogP contribution in [0.2, 0.25) is 0 Å². The van der Waals surface area contributed by atoms with Crippen molar-refractivity contribution in [3.63, 3.8) is 0 Å². The number of benzene rings is 2. The van der Waals surface area contributed by atoms with Gasteiger partial charge in [0.1, 0.15) is 5.70 Å². The molecule has 3 aromatic rings. The maximum Gasteiger partial charge on any atom is 0.267 e. The Labute approximate surface area is 158 Å². The number of aryl methyl sites for hydroxylation is 1. The normalized spacial score (nSPS) is 11.4. The fourth-order valence-electron chi connectivity index (χ4n) is 2.92. The highest BCUT2D eigenvalue weighted by atomic mass is 16.2. The molecule has 3 rings (SSSR count). The Kier molecular flexibility index (Phi) is 5.71. The average Bonchev–Trinajstić information content (AvgIpc) is 3.02. The molecule has 0 fully saturated rings. The molecule has 1 heterocycles. The Balaban J connectivity index is 1.97. The zero-order chi connectivity index (χ0) is 19.2. The number of fused-ring (bicyclic) bond motifs is 1. The monoisotopic (exact) mass is 361 g/mol. The number of hydrogen-bond donors (Lipinski definition) is 2. The van der Waals surface area contributed by atoms with Crippen LogP contribution < -0.4 is 10.6 Å². The van der Waals surface area contributed by atoms with Crippen molar-refractivity contribution in [1.29, 1.82) is 0 Å². The molecule has 0 radical (unpaired) electrons. The zero-order valence-corrected chi connectivity index (χ0v) is 15.5. The van der Waals surface area contributed by atoms with Gasteiger partial charge in [0.2, 0.25) is 0 Å². The van der Waals surface area contributed by atoms with E-state index in [2.05, 4.69) is 10.6 Å². The van der Waals surface area contributed by atoms with Crippen molar-refractivity contribution in [3.05, 3.63) is 77.6 Å². The van der Waals surface area contributed by atoms with Crippen LogP contribution in [0.15, 0.2) is 66.5 Å². The lowest BCUT2D eigenvalue weighted by molar-refractivity contribution is -0.117. The topological polar surface area (TPSA) is 63.1 Å². The van der Waals surface area contributed by atoms with Crippen LogP contribution in [0.4, 0.5) is 0 Å². The van der Waals surface area contributed by atoms with Crippen LogP contribution >= 0.6 is 0 Å². The van der Waals surface area contributed by atoms with Crippen molar-refractivity contribution in [2.24, 2.45) is 7.05 Å². The summed E-state index contributed by atoms with van der Waals surface area (Å²) in [6.45, 7) is 2.53. The number of nitrogens with zero attached hydrogens (tertiary/aromatic N) is 1. The Morgan fingerprint density at radius 3 is 2.48 bits per heavy atom. The quantitative estimate of drug-likeness (QED) is 0.660. The Bertz CT molecular complexity index is 987. The van der Waals surface area contributed by atoms with Crippen molar-refractivity contribution >= 4 is 28.8 Å². The van der Waals surface area contributed by atoms with Gasteiger partial charge in [0.05, 0.1) is 0 Å². The van der Waals surface area contributed by atoms with Crippen LogP contribution in [-0.2, 0) is 11.8 Å². The van der Waals surface area contributed by atoms with Crippen molar-refractivity contribution in [2.75, 3.05) is 6.54 Å². The van der Waals surface area contributed by atoms with Gasteiger partial charge in [-0.25, -0.2) is 0 Å². The summed E-state index contributed by atoms with van der Waals surface area (Å²) in [6.07, 6.45) is 4.50. The highest BCUT2D eigenvalue weighted by molar-refractivity contribution is 6.06. The lowest BCUT2D eigenvalue weighted by Crippen LogP contribution is -2.35. The van der Waals surface area contributed by atoms with E-state index in [9.17, 15) is 9.59 Å². The summed E-state index contributed by atoms with van der Waals surface area (Å²) in [5, 5.41) is 6.62. The molecule has 5 nitrogen and oxygen atoms in total. The summed E-state index contributed by atoms with van der Waals surface area (Å²) in [5.41, 5.74) is 2.67. The lowest BCUT2D eigenvalue weighted by Gasteiger charge is -2.10. The van der Waals surface area contributed by atoms with E-state index in [4.69, 9.17) is 0 Å². The maximum absolute atomic E-state index is 12.6. The first-order chi connectivity index (χ1) is 13.1. The van der Waals surface area contributed by atoms with Crippen molar-refractivity contribution < 1.29 is 9.59 Å². The van der Waals surface area contributed by atoms with Gasteiger partial charge in [0, 0.05) is 41.8 Å². The van der Waals surface area contributed by atoms with Gasteiger partial charge in [-0.2, -0.15) is 0 Å². The van der Waals surface area contributed by atoms with Crippen LogP contribution in [0, 0.1) is 0 Å². The summed E-state index contributed by atoms with van der Waals surface area (Å²) in [5.74, 6) is -0.609. The average molecular weight is 361 g/mol. The van der Waals surface area contributed by atoms with E-state index in [-0.39, 0.29) is 17.5 Å². The molecule has 5 heteroatoms. The minimum Gasteiger partial charge on any atom is -0.351 e. The van der Waals surface area contributed by atoms with Gasteiger partial charge in [0.25, 0.3) is 11.8 Å². The molecule has 0 unspecified atom stereocenters. The Hall–Kier alpha value is -3.34. The predicted octanol–water partition coefficient (Wildman–Crippen LogP) is 3.48. The fraction of sp³-hybridized carbons (Fsp3) is 0.182. The number of amides is 2. The second-order valence-corrected chi connectivity index (χ2v) is 6.35. The van der Waals surface area contributed by atoms with Gasteiger partial charge in [-0.15, -0.1) is 0 Å². The molecule has 0 saturated heterocycles. The lowest BCUT2D eigenvalue weighted by atomic mass is 10.1. The second-order valence-electron chi connectivity index (χ2n) is 6.35. The highest BCUT2D eigenvalue weighted by Gasteiger charge is 2.15. The summed E-state index contributed by atoms with van der Waals surface area (Å²) in [7, 11) is 1.96. The van der Waals surface area contributed by atoms with Crippen LogP contribution in [0.5, 0.6) is 0 Å². The first kappa shape index (κ1) is 18.5. The smallest absolute Gasteiger partial charge is 0.267 e. The summed E-state index contributed by atoms with van der Waals surface area (Å²) in [6, 6.07) is 16.8. The summed E-state index contributed by atoms with van der Waals surface area (Å²) < 4.78 is 2.00. The molecule has 0 atom stereocenters. The third-order valence-corrected chi connectivity index (χ3v) is 4.29. The van der Waals surface area contributed by atoms with Crippen LogP contribution in [0.25, 0.3) is 17.0 Å². The number of nitrogens with one attached hydrogen (secondary N) is 2. The number of aromatic nitrogens is 1. The molecule has 2 N–H and O–H groups in total. The van der Waals surface area contributed by atoms with E-state index in [1.54, 1.807) is 30.3 Å². The Morgan fingerprint density at radius 1 is 1.04 bits per heavy atom. The van der Waals surface area contributed by atoms with Gasteiger partial charge in [0.15, 0.2) is 0 Å². The zero-order valence-electron chi connectivity index (χ0n) is 15.5. The van der Waals surface area contributed by atoms with E-state index in [0.717, 1.165) is 22.9 Å². The molecule has 0 spiro atoms. The number of para-hydroxylation sites is 1. The van der Waals surface area contributed by atoms with E-state index in [1.165, 1.54) is 0 Å². The number of carbonyl (C=O) groups excluding carboxylic acids is 2. The van der Waals surface area contributed by atoms with E-state index in [1.807, 2.05) is 55.1 Å². The predicted molar refractivity (Wildman–Crippen MR) is 108 cm³/mol. The van der Waals surface area contributed by atoms with E-state index >= 15 is 0 Å². The molecule has 2 aromatic carbocycles. The summed E-state index contributed by atoms with van der Waals surface area (Å²) >= 11 is 0.